The molecule has 96 valence electrons. The Morgan fingerprint density at radius 3 is 2.50 bits per heavy atom. The number of hydrogen-bond donors (Lipinski definition) is 1. The van der Waals surface area contributed by atoms with E-state index >= 15 is 0 Å². The summed E-state index contributed by atoms with van der Waals surface area (Å²) in [5, 5.41) is 0. The molecule has 1 amide bonds. The van der Waals surface area contributed by atoms with E-state index in [9.17, 15) is 9.59 Å². The van der Waals surface area contributed by atoms with Gasteiger partial charge in [0.05, 0.1) is 16.3 Å². The van der Waals surface area contributed by atoms with Gasteiger partial charge in [-0.15, -0.1) is 0 Å². The van der Waals surface area contributed by atoms with Gasteiger partial charge in [0.2, 0.25) is 5.91 Å². The van der Waals surface area contributed by atoms with E-state index in [1.54, 1.807) is 24.3 Å². The highest BCUT2D eigenvalue weighted by Crippen LogP contribution is 2.34. The van der Waals surface area contributed by atoms with E-state index in [-0.39, 0.29) is 4.83 Å². The minimum absolute atomic E-state index is 0.0114. The quantitative estimate of drug-likeness (QED) is 0.684. The lowest BCUT2D eigenvalue weighted by Gasteiger charge is -2.20. The molecular formula is C13H14BrNO3. The van der Waals surface area contributed by atoms with Crippen LogP contribution in [0.4, 0.5) is 0 Å². The molecule has 0 spiro atoms. The Morgan fingerprint density at radius 2 is 1.89 bits per heavy atom. The third-order valence-corrected chi connectivity index (χ3v) is 4.10. The Morgan fingerprint density at radius 1 is 1.22 bits per heavy atom. The molecule has 1 saturated carbocycles. The molecule has 0 radical (unpaired) electrons. The lowest BCUT2D eigenvalue weighted by molar-refractivity contribution is -0.124. The Hall–Kier alpha value is -1.36. The van der Waals surface area contributed by atoms with Gasteiger partial charge in [-0.05, 0) is 25.0 Å². The summed E-state index contributed by atoms with van der Waals surface area (Å²) >= 11 is 3.43. The van der Waals surface area contributed by atoms with Gasteiger partial charge in [0.1, 0.15) is 6.10 Å². The maximum atomic E-state index is 11.9. The molecule has 1 aromatic rings. The van der Waals surface area contributed by atoms with Crippen molar-refractivity contribution in [1.82, 2.24) is 0 Å². The van der Waals surface area contributed by atoms with Gasteiger partial charge < -0.3 is 10.5 Å². The minimum Gasteiger partial charge on any atom is -0.457 e. The molecule has 3 unspecified atom stereocenters. The van der Waals surface area contributed by atoms with E-state index in [0.29, 0.717) is 12.0 Å². The maximum Gasteiger partial charge on any atom is 0.338 e. The predicted molar refractivity (Wildman–Crippen MR) is 70.3 cm³/mol. The molecule has 0 heterocycles. The van der Waals surface area contributed by atoms with Crippen LogP contribution in [0.15, 0.2) is 30.3 Å². The van der Waals surface area contributed by atoms with Crippen molar-refractivity contribution in [2.45, 2.75) is 23.8 Å². The van der Waals surface area contributed by atoms with Crippen LogP contribution in [0, 0.1) is 5.92 Å². The lowest BCUT2D eigenvalue weighted by Crippen LogP contribution is -2.36. The highest BCUT2D eigenvalue weighted by Gasteiger charge is 2.40. The van der Waals surface area contributed by atoms with E-state index in [4.69, 9.17) is 10.5 Å². The van der Waals surface area contributed by atoms with Crippen molar-refractivity contribution in [1.29, 1.82) is 0 Å². The monoisotopic (exact) mass is 311 g/mol. The fraction of sp³-hybridized carbons (Fsp3) is 0.385. The van der Waals surface area contributed by atoms with Gasteiger partial charge in [0.15, 0.2) is 0 Å². The number of alkyl halides is 1. The second-order valence-corrected chi connectivity index (χ2v) is 5.51. The first kappa shape index (κ1) is 13.1. The average molecular weight is 312 g/mol. The van der Waals surface area contributed by atoms with E-state index in [0.717, 1.165) is 6.42 Å². The summed E-state index contributed by atoms with van der Waals surface area (Å²) in [7, 11) is 0. The first-order valence-electron chi connectivity index (χ1n) is 5.79. The molecule has 0 aliphatic heterocycles. The van der Waals surface area contributed by atoms with Gasteiger partial charge in [-0.3, -0.25) is 4.79 Å². The molecule has 0 saturated heterocycles. The zero-order chi connectivity index (χ0) is 13.1. The smallest absolute Gasteiger partial charge is 0.338 e. The van der Waals surface area contributed by atoms with Crippen LogP contribution in [0.3, 0.4) is 0 Å². The summed E-state index contributed by atoms with van der Waals surface area (Å²) in [4.78, 5) is 23.2. The van der Waals surface area contributed by atoms with Crippen molar-refractivity contribution in [3.8, 4) is 0 Å². The number of carbonyl (C=O) groups excluding carboxylic acids is 2. The van der Waals surface area contributed by atoms with Crippen LogP contribution < -0.4 is 5.73 Å². The van der Waals surface area contributed by atoms with Crippen molar-refractivity contribution < 1.29 is 14.3 Å². The SMILES string of the molecule is NC(=O)C1CCC(Br)C1OC(=O)c1ccccc1. The molecule has 0 bridgehead atoms. The number of esters is 1. The third-order valence-electron chi connectivity index (χ3n) is 3.12. The van der Waals surface area contributed by atoms with Crippen LogP contribution >= 0.6 is 15.9 Å². The third kappa shape index (κ3) is 2.72. The van der Waals surface area contributed by atoms with Crippen molar-refractivity contribution in [2.24, 2.45) is 11.7 Å². The van der Waals surface area contributed by atoms with Crippen LogP contribution in [0.2, 0.25) is 0 Å². The molecule has 1 aliphatic carbocycles. The fourth-order valence-electron chi connectivity index (χ4n) is 2.15. The molecule has 0 aromatic heterocycles. The van der Waals surface area contributed by atoms with Gasteiger partial charge in [-0.25, -0.2) is 4.79 Å². The number of benzene rings is 1. The van der Waals surface area contributed by atoms with E-state index in [1.807, 2.05) is 6.07 Å². The van der Waals surface area contributed by atoms with Crippen molar-refractivity contribution >= 4 is 27.8 Å². The molecular weight excluding hydrogens is 298 g/mol. The van der Waals surface area contributed by atoms with Gasteiger partial charge in [-0.1, -0.05) is 34.1 Å². The normalized spacial score (nSPS) is 26.8. The molecule has 1 aliphatic rings. The van der Waals surface area contributed by atoms with Gasteiger partial charge in [-0.2, -0.15) is 0 Å². The Kier molecular flexibility index (Phi) is 4.01. The summed E-state index contributed by atoms with van der Waals surface area (Å²) in [6.45, 7) is 0. The molecule has 3 atom stereocenters. The topological polar surface area (TPSA) is 69.4 Å². The number of primary amides is 1. The average Bonchev–Trinajstić information content (AvgIpc) is 2.72. The van der Waals surface area contributed by atoms with Crippen molar-refractivity contribution in [3.05, 3.63) is 35.9 Å². The summed E-state index contributed by atoms with van der Waals surface area (Å²) in [6, 6.07) is 8.72. The number of carbonyl (C=O) groups is 2. The highest BCUT2D eigenvalue weighted by atomic mass is 79.9. The number of ether oxygens (including phenoxy) is 1. The van der Waals surface area contributed by atoms with Crippen LogP contribution in [-0.4, -0.2) is 22.8 Å². The zero-order valence-corrected chi connectivity index (χ0v) is 11.3. The zero-order valence-electron chi connectivity index (χ0n) is 9.71. The minimum atomic E-state index is -0.477. The predicted octanol–water partition coefficient (Wildman–Crippen LogP) is 1.87. The summed E-state index contributed by atoms with van der Waals surface area (Å²) in [6.07, 6.45) is 0.952. The van der Waals surface area contributed by atoms with E-state index in [1.165, 1.54) is 0 Å². The molecule has 2 rings (SSSR count). The molecule has 1 fully saturated rings. The summed E-state index contributed by atoms with van der Waals surface area (Å²) in [5.74, 6) is -1.23. The molecule has 1 aromatic carbocycles. The standard InChI is InChI=1S/C13H14BrNO3/c14-10-7-6-9(12(15)16)11(10)18-13(17)8-4-2-1-3-5-8/h1-5,9-11H,6-7H2,(H2,15,16). The van der Waals surface area contributed by atoms with Crippen LogP contribution in [0.25, 0.3) is 0 Å². The number of amides is 1. The van der Waals surface area contributed by atoms with Crippen LogP contribution in [0.1, 0.15) is 23.2 Å². The largest absolute Gasteiger partial charge is 0.457 e. The van der Waals surface area contributed by atoms with E-state index in [2.05, 4.69) is 15.9 Å². The first-order valence-corrected chi connectivity index (χ1v) is 6.70. The summed E-state index contributed by atoms with van der Waals surface area (Å²) < 4.78 is 5.40. The Labute approximate surface area is 114 Å². The van der Waals surface area contributed by atoms with Crippen LogP contribution in [0.5, 0.6) is 0 Å². The highest BCUT2D eigenvalue weighted by molar-refractivity contribution is 9.09. The number of rotatable bonds is 3. The Bertz CT molecular complexity index is 449. The molecule has 5 heteroatoms. The number of halogens is 1. The van der Waals surface area contributed by atoms with Crippen molar-refractivity contribution in [3.63, 3.8) is 0 Å². The van der Waals surface area contributed by atoms with Gasteiger partial charge in [0, 0.05) is 0 Å². The maximum absolute atomic E-state index is 11.9. The first-order chi connectivity index (χ1) is 8.59. The summed E-state index contributed by atoms with van der Waals surface area (Å²) in [5.41, 5.74) is 5.79. The second-order valence-electron chi connectivity index (χ2n) is 4.34. The molecule has 18 heavy (non-hydrogen) atoms. The lowest BCUT2D eigenvalue weighted by atomic mass is 10.1. The number of hydrogen-bond acceptors (Lipinski definition) is 3. The van der Waals surface area contributed by atoms with Gasteiger partial charge in [0.25, 0.3) is 0 Å². The molecule has 4 nitrogen and oxygen atoms in total. The Balaban J connectivity index is 2.08. The van der Waals surface area contributed by atoms with E-state index < -0.39 is 23.9 Å². The second kappa shape index (κ2) is 5.52. The van der Waals surface area contributed by atoms with Crippen molar-refractivity contribution in [2.75, 3.05) is 0 Å². The van der Waals surface area contributed by atoms with Gasteiger partial charge >= 0.3 is 5.97 Å². The fourth-order valence-corrected chi connectivity index (χ4v) is 2.89. The number of nitrogens with two attached hydrogens (primary N) is 1. The van der Waals surface area contributed by atoms with Crippen LogP contribution in [-0.2, 0) is 9.53 Å². The molecule has 2 N–H and O–H groups in total.